The summed E-state index contributed by atoms with van der Waals surface area (Å²) < 4.78 is 4.24. The van der Waals surface area contributed by atoms with Gasteiger partial charge >= 0.3 is 5.97 Å². The highest BCUT2D eigenvalue weighted by Gasteiger charge is 2.32. The molecule has 0 aromatic heterocycles. The summed E-state index contributed by atoms with van der Waals surface area (Å²) in [5.41, 5.74) is 0. The van der Waals surface area contributed by atoms with Gasteiger partial charge in [-0.1, -0.05) is 0 Å². The minimum absolute atomic E-state index is 0.0414. The first-order chi connectivity index (χ1) is 7.54. The second-order valence-electron chi connectivity index (χ2n) is 3.04. The molecule has 0 N–H and O–H groups in total. The third-order valence-corrected chi connectivity index (χ3v) is 2.13. The minimum atomic E-state index is -0.820. The highest BCUT2D eigenvalue weighted by molar-refractivity contribution is 6.05. The molecule has 2 radical (unpaired) electrons. The Balaban J connectivity index is 2.36. The Labute approximate surface area is 94.2 Å². The molecular formula is C8H9NO6Si. The fourth-order valence-corrected chi connectivity index (χ4v) is 1.19. The van der Waals surface area contributed by atoms with E-state index < -0.39 is 23.8 Å². The topological polar surface area (TPSA) is 90.0 Å². The molecule has 8 heteroatoms. The zero-order valence-corrected chi connectivity index (χ0v) is 9.46. The van der Waals surface area contributed by atoms with Crippen molar-refractivity contribution in [3.05, 3.63) is 0 Å². The number of nitrogens with zero attached hydrogens (tertiary/aromatic N) is 1. The van der Waals surface area contributed by atoms with Gasteiger partial charge in [-0.05, 0) is 0 Å². The molecule has 1 rings (SSSR count). The van der Waals surface area contributed by atoms with E-state index >= 15 is 0 Å². The molecular weight excluding hydrogens is 234 g/mol. The molecule has 0 aliphatic carbocycles. The molecule has 0 spiro atoms. The van der Waals surface area contributed by atoms with Gasteiger partial charge in [0, 0.05) is 12.8 Å². The predicted octanol–water partition coefficient (Wildman–Crippen LogP) is -1.27. The van der Waals surface area contributed by atoms with Crippen LogP contribution in [0.2, 0.25) is 0 Å². The van der Waals surface area contributed by atoms with Crippen molar-refractivity contribution in [2.75, 3.05) is 0 Å². The lowest BCUT2D eigenvalue weighted by atomic mass is 10.3. The quantitative estimate of drug-likeness (QED) is 0.452. The number of amides is 2. The average Bonchev–Trinajstić information content (AvgIpc) is 2.57. The van der Waals surface area contributed by atoms with Crippen molar-refractivity contribution in [2.24, 2.45) is 0 Å². The maximum Gasteiger partial charge on any atom is 0.333 e. The number of imide groups is 1. The Kier molecular flexibility index (Phi) is 4.17. The van der Waals surface area contributed by atoms with Crippen LogP contribution in [0, 0.1) is 0 Å². The van der Waals surface area contributed by atoms with E-state index in [1.165, 1.54) is 0 Å². The van der Waals surface area contributed by atoms with Crippen LogP contribution in [0.1, 0.15) is 25.7 Å². The molecule has 7 nitrogen and oxygen atoms in total. The number of carbonyl (C=O) groups excluding carboxylic acids is 4. The summed E-state index contributed by atoms with van der Waals surface area (Å²) in [5, 5.41) is 0.439. The van der Waals surface area contributed by atoms with E-state index in [1.54, 1.807) is 10.5 Å². The van der Waals surface area contributed by atoms with Crippen molar-refractivity contribution in [1.82, 2.24) is 5.06 Å². The molecule has 1 heterocycles. The number of hydrogen-bond acceptors (Lipinski definition) is 6. The highest BCUT2D eigenvalue weighted by atomic mass is 28.2. The molecule has 1 saturated heterocycles. The molecule has 0 aromatic carbocycles. The van der Waals surface area contributed by atoms with Gasteiger partial charge in [-0.2, -0.15) is 0 Å². The second-order valence-corrected chi connectivity index (χ2v) is 3.27. The van der Waals surface area contributed by atoms with Crippen LogP contribution < -0.4 is 0 Å². The zero-order valence-electron chi connectivity index (χ0n) is 8.30. The average molecular weight is 243 g/mol. The van der Waals surface area contributed by atoms with E-state index in [1.807, 2.05) is 0 Å². The molecule has 2 amide bonds. The normalized spacial score (nSPS) is 15.2. The van der Waals surface area contributed by atoms with Gasteiger partial charge in [0.15, 0.2) is 0 Å². The van der Waals surface area contributed by atoms with Crippen LogP contribution in [0.15, 0.2) is 0 Å². The minimum Gasteiger partial charge on any atom is -0.521 e. The van der Waals surface area contributed by atoms with Crippen molar-refractivity contribution in [3.63, 3.8) is 0 Å². The molecule has 1 fully saturated rings. The standard InChI is InChI=1S/C8H9NO6Si/c10-5-1-2-6(11)9(5)14-7(12)3-4-8(13)15-16/h16H,1-4H2. The van der Waals surface area contributed by atoms with Crippen LogP contribution in [-0.4, -0.2) is 39.3 Å². The van der Waals surface area contributed by atoms with Gasteiger partial charge in [-0.25, -0.2) is 4.79 Å². The van der Waals surface area contributed by atoms with Crippen molar-refractivity contribution >= 4 is 34.2 Å². The Bertz CT molecular complexity index is 325. The molecule has 0 saturated carbocycles. The van der Waals surface area contributed by atoms with Crippen LogP contribution in [0.5, 0.6) is 0 Å². The number of rotatable bonds is 4. The zero-order chi connectivity index (χ0) is 12.1. The van der Waals surface area contributed by atoms with Crippen LogP contribution in [0.25, 0.3) is 0 Å². The SMILES string of the molecule is O=C(CCC(=O)ON1C(=O)CCC1=O)O[SiH]. The molecule has 0 atom stereocenters. The van der Waals surface area contributed by atoms with Crippen LogP contribution in [0.4, 0.5) is 0 Å². The Morgan fingerprint density at radius 3 is 2.12 bits per heavy atom. The highest BCUT2D eigenvalue weighted by Crippen LogP contribution is 2.12. The summed E-state index contributed by atoms with van der Waals surface area (Å²) in [5.74, 6) is -2.51. The Morgan fingerprint density at radius 2 is 1.62 bits per heavy atom. The lowest BCUT2D eigenvalue weighted by Crippen LogP contribution is -2.32. The molecule has 0 aromatic rings. The van der Waals surface area contributed by atoms with Gasteiger partial charge in [-0.15, -0.1) is 5.06 Å². The van der Waals surface area contributed by atoms with E-state index in [0.29, 0.717) is 5.06 Å². The molecule has 0 unspecified atom stereocenters. The first kappa shape index (κ1) is 12.4. The summed E-state index contributed by atoms with van der Waals surface area (Å²) in [6.45, 7) is 0. The number of carbonyl (C=O) groups is 4. The lowest BCUT2D eigenvalue weighted by molar-refractivity contribution is -0.197. The molecule has 1 aliphatic heterocycles. The summed E-state index contributed by atoms with van der Waals surface area (Å²) in [6.07, 6.45) is -0.331. The third kappa shape index (κ3) is 3.16. The van der Waals surface area contributed by atoms with Crippen LogP contribution in [0.3, 0.4) is 0 Å². The van der Waals surface area contributed by atoms with E-state index in [4.69, 9.17) is 0 Å². The van der Waals surface area contributed by atoms with Crippen molar-refractivity contribution in [3.8, 4) is 0 Å². The maximum absolute atomic E-state index is 11.1. The van der Waals surface area contributed by atoms with Gasteiger partial charge in [0.1, 0.15) is 0 Å². The molecule has 86 valence electrons. The maximum atomic E-state index is 11.1. The summed E-state index contributed by atoms with van der Waals surface area (Å²) >= 11 is 0. The van der Waals surface area contributed by atoms with Gasteiger partial charge < -0.3 is 9.26 Å². The van der Waals surface area contributed by atoms with Crippen molar-refractivity contribution < 1.29 is 28.4 Å². The summed E-state index contributed by atoms with van der Waals surface area (Å²) in [7, 11) is 1.75. The van der Waals surface area contributed by atoms with Crippen molar-refractivity contribution in [1.29, 1.82) is 0 Å². The fraction of sp³-hybridized carbons (Fsp3) is 0.500. The predicted molar refractivity (Wildman–Crippen MR) is 49.7 cm³/mol. The molecule has 0 bridgehead atoms. The Hall–Kier alpha value is -1.70. The molecule has 16 heavy (non-hydrogen) atoms. The van der Waals surface area contributed by atoms with E-state index in [2.05, 4.69) is 9.26 Å². The van der Waals surface area contributed by atoms with Gasteiger partial charge in [0.25, 0.3) is 28.3 Å². The number of hydroxylamine groups is 2. The van der Waals surface area contributed by atoms with Crippen LogP contribution >= 0.6 is 0 Å². The van der Waals surface area contributed by atoms with E-state index in [9.17, 15) is 19.2 Å². The molecule has 1 aliphatic rings. The van der Waals surface area contributed by atoms with Crippen molar-refractivity contribution in [2.45, 2.75) is 25.7 Å². The summed E-state index contributed by atoms with van der Waals surface area (Å²) in [4.78, 5) is 48.4. The third-order valence-electron chi connectivity index (χ3n) is 1.86. The Morgan fingerprint density at radius 1 is 1.12 bits per heavy atom. The number of hydrogen-bond donors (Lipinski definition) is 0. The van der Waals surface area contributed by atoms with Gasteiger partial charge in [0.05, 0.1) is 12.8 Å². The van der Waals surface area contributed by atoms with Crippen LogP contribution in [-0.2, 0) is 28.4 Å². The smallest absolute Gasteiger partial charge is 0.333 e. The monoisotopic (exact) mass is 243 g/mol. The first-order valence-electron chi connectivity index (χ1n) is 4.50. The van der Waals surface area contributed by atoms with Gasteiger partial charge in [-0.3, -0.25) is 14.4 Å². The second kappa shape index (κ2) is 5.40. The van der Waals surface area contributed by atoms with Gasteiger partial charge in [0.2, 0.25) is 0 Å². The largest absolute Gasteiger partial charge is 0.521 e. The van der Waals surface area contributed by atoms with E-state index in [-0.39, 0.29) is 25.7 Å². The summed E-state index contributed by atoms with van der Waals surface area (Å²) in [6, 6.07) is 0. The van der Waals surface area contributed by atoms with E-state index in [0.717, 1.165) is 0 Å². The fourth-order valence-electron chi connectivity index (χ4n) is 1.07. The lowest BCUT2D eigenvalue weighted by Gasteiger charge is -2.11. The first-order valence-corrected chi connectivity index (χ1v) is 4.98.